The largest absolute Gasteiger partial charge is 0.508 e. The molecule has 1 aliphatic carbocycles. The van der Waals surface area contributed by atoms with Crippen molar-refractivity contribution in [2.24, 2.45) is 0 Å². The van der Waals surface area contributed by atoms with E-state index < -0.39 is 0 Å². The van der Waals surface area contributed by atoms with Crippen LogP contribution in [0, 0.1) is 0 Å². The second kappa shape index (κ2) is 7.84. The Morgan fingerprint density at radius 2 is 1.86 bits per heavy atom. The maximum Gasteiger partial charge on any atom is 0.141 e. The molecule has 148 valence electrons. The van der Waals surface area contributed by atoms with E-state index >= 15 is 0 Å². The van der Waals surface area contributed by atoms with Crippen LogP contribution in [-0.2, 0) is 13.0 Å². The third-order valence-electron chi connectivity index (χ3n) is 5.94. The molecule has 2 aromatic heterocycles. The highest BCUT2D eigenvalue weighted by Gasteiger charge is 2.28. The maximum absolute atomic E-state index is 10.6. The second-order valence-electron chi connectivity index (χ2n) is 7.70. The number of hydrogen-bond acceptors (Lipinski definition) is 4. The van der Waals surface area contributed by atoms with E-state index in [0.717, 1.165) is 41.7 Å². The van der Waals surface area contributed by atoms with Crippen molar-refractivity contribution in [3.8, 4) is 22.8 Å². The van der Waals surface area contributed by atoms with E-state index in [-0.39, 0.29) is 18.1 Å². The molecule has 1 aromatic carbocycles. The predicted octanol–water partition coefficient (Wildman–Crippen LogP) is 4.72. The molecular formula is C23H28N2O3. The van der Waals surface area contributed by atoms with Gasteiger partial charge in [0.15, 0.2) is 0 Å². The van der Waals surface area contributed by atoms with E-state index in [1.807, 2.05) is 4.57 Å². The van der Waals surface area contributed by atoms with Crippen LogP contribution in [0.25, 0.3) is 22.3 Å². The molecule has 1 aliphatic rings. The lowest BCUT2D eigenvalue weighted by molar-refractivity contribution is 0.278. The lowest BCUT2D eigenvalue weighted by Gasteiger charge is -2.24. The summed E-state index contributed by atoms with van der Waals surface area (Å²) in [4.78, 5) is 4.88. The van der Waals surface area contributed by atoms with E-state index in [9.17, 15) is 15.3 Å². The number of phenols is 2. The summed E-state index contributed by atoms with van der Waals surface area (Å²) in [6.07, 6.45) is 6.78. The van der Waals surface area contributed by atoms with E-state index in [1.54, 1.807) is 12.1 Å². The van der Waals surface area contributed by atoms with Crippen LogP contribution in [-0.4, -0.2) is 31.5 Å². The number of phenolic OH excluding ortho intramolecular Hbond substituents is 2. The Kier molecular flexibility index (Phi) is 5.27. The smallest absolute Gasteiger partial charge is 0.141 e. The molecule has 3 N–H and O–H groups in total. The van der Waals surface area contributed by atoms with Crippen molar-refractivity contribution < 1.29 is 15.3 Å². The number of rotatable bonds is 5. The second-order valence-corrected chi connectivity index (χ2v) is 7.70. The summed E-state index contributed by atoms with van der Waals surface area (Å²) in [5.41, 5.74) is 4.72. The van der Waals surface area contributed by atoms with Crippen molar-refractivity contribution in [1.82, 2.24) is 9.55 Å². The van der Waals surface area contributed by atoms with Gasteiger partial charge in [-0.15, -0.1) is 0 Å². The lowest BCUT2D eigenvalue weighted by Crippen LogP contribution is -2.09. The van der Waals surface area contributed by atoms with Gasteiger partial charge in [-0.2, -0.15) is 0 Å². The van der Waals surface area contributed by atoms with Crippen LogP contribution >= 0.6 is 0 Å². The number of aliphatic hydroxyl groups is 1. The number of aryl methyl sites for hydroxylation is 1. The first-order valence-electron chi connectivity index (χ1n) is 10.3. The van der Waals surface area contributed by atoms with Crippen LogP contribution < -0.4 is 0 Å². The molecule has 0 amide bonds. The Morgan fingerprint density at radius 1 is 1.07 bits per heavy atom. The minimum absolute atomic E-state index is 0.00222. The van der Waals surface area contributed by atoms with Crippen molar-refractivity contribution in [2.75, 3.05) is 6.61 Å². The van der Waals surface area contributed by atoms with Gasteiger partial charge in [0.05, 0.1) is 12.3 Å². The SMILES string of the molecule is CCc1ccc2c(C3CCCCC3)c(-c3ccc(O)cc3O)n(CCO)c2n1. The first kappa shape index (κ1) is 18.8. The van der Waals surface area contributed by atoms with Crippen molar-refractivity contribution >= 4 is 11.0 Å². The Hall–Kier alpha value is -2.53. The third-order valence-corrected chi connectivity index (χ3v) is 5.94. The number of fused-ring (bicyclic) bond motifs is 1. The lowest BCUT2D eigenvalue weighted by atomic mass is 9.82. The van der Waals surface area contributed by atoms with Gasteiger partial charge in [-0.3, -0.25) is 0 Å². The van der Waals surface area contributed by atoms with E-state index in [2.05, 4.69) is 19.1 Å². The number of hydrogen-bond donors (Lipinski definition) is 3. The van der Waals surface area contributed by atoms with E-state index in [0.29, 0.717) is 18.0 Å². The van der Waals surface area contributed by atoms with Gasteiger partial charge in [-0.1, -0.05) is 26.2 Å². The first-order valence-corrected chi connectivity index (χ1v) is 10.3. The van der Waals surface area contributed by atoms with Crippen molar-refractivity contribution in [2.45, 2.75) is 57.9 Å². The van der Waals surface area contributed by atoms with Crippen LogP contribution in [0.3, 0.4) is 0 Å². The molecule has 0 bridgehead atoms. The van der Waals surface area contributed by atoms with Crippen LogP contribution in [0.5, 0.6) is 11.5 Å². The van der Waals surface area contributed by atoms with Crippen LogP contribution in [0.4, 0.5) is 0 Å². The quantitative estimate of drug-likeness (QED) is 0.599. The van der Waals surface area contributed by atoms with Crippen molar-refractivity contribution in [3.63, 3.8) is 0 Å². The normalized spacial score (nSPS) is 15.4. The van der Waals surface area contributed by atoms with Crippen LogP contribution in [0.15, 0.2) is 30.3 Å². The number of aromatic hydroxyl groups is 2. The fourth-order valence-corrected chi connectivity index (χ4v) is 4.61. The highest BCUT2D eigenvalue weighted by atomic mass is 16.3. The summed E-state index contributed by atoms with van der Waals surface area (Å²) in [6, 6.07) is 8.98. The number of benzene rings is 1. The molecular weight excluding hydrogens is 352 g/mol. The molecule has 0 saturated heterocycles. The van der Waals surface area contributed by atoms with Gasteiger partial charge >= 0.3 is 0 Å². The third kappa shape index (κ3) is 3.24. The molecule has 5 heteroatoms. The first-order chi connectivity index (χ1) is 13.6. The molecule has 0 aliphatic heterocycles. The zero-order valence-electron chi connectivity index (χ0n) is 16.4. The molecule has 0 spiro atoms. The van der Waals surface area contributed by atoms with Gasteiger partial charge in [0.2, 0.25) is 0 Å². The van der Waals surface area contributed by atoms with Gasteiger partial charge in [-0.25, -0.2) is 4.98 Å². The van der Waals surface area contributed by atoms with Crippen LogP contribution in [0.1, 0.15) is 56.2 Å². The van der Waals surface area contributed by atoms with Gasteiger partial charge in [0.25, 0.3) is 0 Å². The summed E-state index contributed by atoms with van der Waals surface area (Å²) in [6.45, 7) is 2.50. The van der Waals surface area contributed by atoms with E-state index in [4.69, 9.17) is 4.98 Å². The van der Waals surface area contributed by atoms with Gasteiger partial charge < -0.3 is 19.9 Å². The average Bonchev–Trinajstić information content (AvgIpc) is 3.02. The minimum atomic E-state index is -0.00222. The average molecular weight is 380 g/mol. The Labute approximate surface area is 165 Å². The molecule has 2 heterocycles. The number of pyridine rings is 1. The van der Waals surface area contributed by atoms with Crippen LogP contribution in [0.2, 0.25) is 0 Å². The topological polar surface area (TPSA) is 78.5 Å². The van der Waals surface area contributed by atoms with Gasteiger partial charge in [0, 0.05) is 29.3 Å². The standard InChI is InChI=1S/C23H28N2O3/c1-2-16-8-10-19-21(15-6-4-3-5-7-15)22(25(12-13-26)23(19)24-16)18-11-9-17(27)14-20(18)28/h8-11,14-15,26-28H,2-7,12-13H2,1H3. The maximum atomic E-state index is 10.6. The molecule has 28 heavy (non-hydrogen) atoms. The monoisotopic (exact) mass is 380 g/mol. The molecule has 4 rings (SSSR count). The number of aromatic nitrogens is 2. The summed E-state index contributed by atoms with van der Waals surface area (Å²) >= 11 is 0. The molecule has 1 fully saturated rings. The highest BCUT2D eigenvalue weighted by Crippen LogP contribution is 2.46. The van der Waals surface area contributed by atoms with E-state index in [1.165, 1.54) is 30.9 Å². The Balaban J connectivity index is 2.04. The van der Waals surface area contributed by atoms with Gasteiger partial charge in [0.1, 0.15) is 17.1 Å². The fraction of sp³-hybridized carbons (Fsp3) is 0.435. The zero-order valence-corrected chi connectivity index (χ0v) is 16.4. The summed E-state index contributed by atoms with van der Waals surface area (Å²) in [5.74, 6) is 0.500. The molecule has 3 aromatic rings. The number of nitrogens with zero attached hydrogens (tertiary/aromatic N) is 2. The van der Waals surface area contributed by atoms with Crippen molar-refractivity contribution in [1.29, 1.82) is 0 Å². The molecule has 0 radical (unpaired) electrons. The Morgan fingerprint density at radius 3 is 2.54 bits per heavy atom. The molecule has 0 unspecified atom stereocenters. The molecule has 1 saturated carbocycles. The van der Waals surface area contributed by atoms with Crippen molar-refractivity contribution in [3.05, 3.63) is 41.6 Å². The Bertz CT molecular complexity index is 987. The predicted molar refractivity (Wildman–Crippen MR) is 111 cm³/mol. The van der Waals surface area contributed by atoms with Gasteiger partial charge in [-0.05, 0) is 55.0 Å². The summed E-state index contributed by atoms with van der Waals surface area (Å²) in [7, 11) is 0. The zero-order chi connectivity index (χ0) is 19.7. The summed E-state index contributed by atoms with van der Waals surface area (Å²) < 4.78 is 2.05. The minimum Gasteiger partial charge on any atom is -0.508 e. The highest BCUT2D eigenvalue weighted by molar-refractivity contribution is 5.91. The fourth-order valence-electron chi connectivity index (χ4n) is 4.61. The molecule has 5 nitrogen and oxygen atoms in total. The molecule has 0 atom stereocenters. The number of aliphatic hydroxyl groups excluding tert-OH is 1. The summed E-state index contributed by atoms with van der Waals surface area (Å²) in [5, 5.41) is 31.3.